The third-order valence-corrected chi connectivity index (χ3v) is 4.82. The van der Waals surface area contributed by atoms with Crippen molar-refractivity contribution in [1.82, 2.24) is 5.32 Å². The Morgan fingerprint density at radius 2 is 2.47 bits per heavy atom. The average molecular weight is 288 g/mol. The van der Waals surface area contributed by atoms with Crippen molar-refractivity contribution in [3.8, 4) is 0 Å². The highest BCUT2D eigenvalue weighted by Gasteiger charge is 2.29. The van der Waals surface area contributed by atoms with E-state index in [1.165, 1.54) is 11.3 Å². The van der Waals surface area contributed by atoms with E-state index in [1.807, 2.05) is 11.4 Å². The van der Waals surface area contributed by atoms with Gasteiger partial charge in [0.1, 0.15) is 0 Å². The van der Waals surface area contributed by atoms with Crippen LogP contribution in [0.3, 0.4) is 0 Å². The lowest BCUT2D eigenvalue weighted by atomic mass is 9.84. The van der Waals surface area contributed by atoms with Gasteiger partial charge < -0.3 is 5.32 Å². The normalized spacial score (nSPS) is 26.5. The van der Waals surface area contributed by atoms with Crippen LogP contribution in [-0.4, -0.2) is 18.9 Å². The molecule has 0 saturated carbocycles. The van der Waals surface area contributed by atoms with Crippen molar-refractivity contribution in [2.75, 3.05) is 13.1 Å². The molecule has 1 aromatic rings. The maximum atomic E-state index is 12.2. The second-order valence-electron chi connectivity index (χ2n) is 4.04. The zero-order valence-electron chi connectivity index (χ0n) is 8.63. The molecule has 2 nitrogen and oxygen atoms in total. The summed E-state index contributed by atoms with van der Waals surface area (Å²) in [7, 11) is 0. The Kier molecular flexibility index (Phi) is 3.59. The first kappa shape index (κ1) is 11.3. The number of rotatable bonds is 2. The molecule has 1 aliphatic rings. The van der Waals surface area contributed by atoms with E-state index in [1.54, 1.807) is 0 Å². The smallest absolute Gasteiger partial charge is 0.177 e. The third-order valence-electron chi connectivity index (χ3n) is 2.96. The number of carbonyl (C=O) groups excluding carboxylic acids is 1. The van der Waals surface area contributed by atoms with E-state index in [9.17, 15) is 4.79 Å². The predicted octanol–water partition coefficient (Wildman–Crippen LogP) is 2.94. The van der Waals surface area contributed by atoms with E-state index in [-0.39, 0.29) is 5.92 Å². The van der Waals surface area contributed by atoms with Crippen LogP contribution in [0.25, 0.3) is 0 Å². The van der Waals surface area contributed by atoms with Gasteiger partial charge in [0.05, 0.1) is 4.88 Å². The molecule has 0 radical (unpaired) electrons. The van der Waals surface area contributed by atoms with Crippen molar-refractivity contribution < 1.29 is 4.79 Å². The standard InChI is InChI=1S/C11H14BrNOS/c1-7-6-13-4-2-8(7)10(14)11-9(12)3-5-15-11/h3,5,7-8,13H,2,4,6H2,1H3. The number of Topliss-reactive ketones (excluding diaryl/α,β-unsaturated/α-hetero) is 1. The molecule has 1 saturated heterocycles. The number of hydrogen-bond donors (Lipinski definition) is 1. The second kappa shape index (κ2) is 4.76. The number of carbonyl (C=O) groups is 1. The fraction of sp³-hybridized carbons (Fsp3) is 0.545. The number of piperidine rings is 1. The van der Waals surface area contributed by atoms with Crippen LogP contribution in [0, 0.1) is 11.8 Å². The zero-order chi connectivity index (χ0) is 10.8. The van der Waals surface area contributed by atoms with Crippen LogP contribution in [0.5, 0.6) is 0 Å². The first-order valence-corrected chi connectivity index (χ1v) is 6.85. The Hall–Kier alpha value is -0.190. The molecule has 1 N–H and O–H groups in total. The van der Waals surface area contributed by atoms with Gasteiger partial charge >= 0.3 is 0 Å². The van der Waals surface area contributed by atoms with Gasteiger partial charge in [-0.25, -0.2) is 0 Å². The molecule has 2 atom stereocenters. The minimum atomic E-state index is 0.196. The summed E-state index contributed by atoms with van der Waals surface area (Å²) in [5.41, 5.74) is 0. The van der Waals surface area contributed by atoms with Crippen LogP contribution in [0.2, 0.25) is 0 Å². The van der Waals surface area contributed by atoms with Gasteiger partial charge in [-0.1, -0.05) is 6.92 Å². The molecule has 0 spiro atoms. The molecule has 1 aliphatic heterocycles. The van der Waals surface area contributed by atoms with Crippen LogP contribution in [0.4, 0.5) is 0 Å². The number of hydrogen-bond acceptors (Lipinski definition) is 3. The molecule has 82 valence electrons. The summed E-state index contributed by atoms with van der Waals surface area (Å²) >= 11 is 4.96. The zero-order valence-corrected chi connectivity index (χ0v) is 11.0. The first-order chi connectivity index (χ1) is 7.20. The average Bonchev–Trinajstić information content (AvgIpc) is 2.64. The van der Waals surface area contributed by atoms with Gasteiger partial charge in [-0.05, 0) is 52.8 Å². The summed E-state index contributed by atoms with van der Waals surface area (Å²) in [5.74, 6) is 0.951. The van der Waals surface area contributed by atoms with Crippen molar-refractivity contribution in [2.24, 2.45) is 11.8 Å². The molecule has 2 unspecified atom stereocenters. The molecule has 2 heterocycles. The molecular weight excluding hydrogens is 274 g/mol. The minimum absolute atomic E-state index is 0.196. The summed E-state index contributed by atoms with van der Waals surface area (Å²) in [4.78, 5) is 13.1. The van der Waals surface area contributed by atoms with Gasteiger partial charge in [-0.3, -0.25) is 4.79 Å². The van der Waals surface area contributed by atoms with Crippen LogP contribution < -0.4 is 5.32 Å². The maximum Gasteiger partial charge on any atom is 0.177 e. The summed E-state index contributed by atoms with van der Waals surface area (Å²) in [5, 5.41) is 5.28. The summed E-state index contributed by atoms with van der Waals surface area (Å²) in [6, 6.07) is 1.95. The van der Waals surface area contributed by atoms with Gasteiger partial charge in [0.2, 0.25) is 0 Å². The first-order valence-electron chi connectivity index (χ1n) is 5.18. The van der Waals surface area contributed by atoms with Crippen molar-refractivity contribution in [1.29, 1.82) is 0 Å². The van der Waals surface area contributed by atoms with Crippen molar-refractivity contribution >= 4 is 33.0 Å². The van der Waals surface area contributed by atoms with Crippen molar-refractivity contribution in [3.63, 3.8) is 0 Å². The van der Waals surface area contributed by atoms with E-state index in [4.69, 9.17) is 0 Å². The van der Waals surface area contributed by atoms with E-state index >= 15 is 0 Å². The Balaban J connectivity index is 2.17. The highest BCUT2D eigenvalue weighted by molar-refractivity contribution is 9.10. The topological polar surface area (TPSA) is 29.1 Å². The number of ketones is 1. The summed E-state index contributed by atoms with van der Waals surface area (Å²) < 4.78 is 0.947. The molecule has 1 aromatic heterocycles. The fourth-order valence-corrected chi connectivity index (χ4v) is 3.61. The van der Waals surface area contributed by atoms with Gasteiger partial charge in [-0.15, -0.1) is 11.3 Å². The van der Waals surface area contributed by atoms with Crippen LogP contribution >= 0.6 is 27.3 Å². The minimum Gasteiger partial charge on any atom is -0.316 e. The molecule has 0 bridgehead atoms. The van der Waals surface area contributed by atoms with Gasteiger partial charge in [0.15, 0.2) is 5.78 Å². The van der Waals surface area contributed by atoms with Gasteiger partial charge in [0, 0.05) is 10.4 Å². The van der Waals surface area contributed by atoms with Gasteiger partial charge in [-0.2, -0.15) is 0 Å². The predicted molar refractivity (Wildman–Crippen MR) is 66.5 cm³/mol. The molecule has 0 aromatic carbocycles. The van der Waals surface area contributed by atoms with Crippen LogP contribution in [0.15, 0.2) is 15.9 Å². The van der Waals surface area contributed by atoms with Crippen LogP contribution in [0.1, 0.15) is 23.0 Å². The largest absolute Gasteiger partial charge is 0.316 e. The summed E-state index contributed by atoms with van der Waals surface area (Å²) in [6.45, 7) is 4.07. The molecule has 4 heteroatoms. The quantitative estimate of drug-likeness (QED) is 0.848. The summed E-state index contributed by atoms with van der Waals surface area (Å²) in [6.07, 6.45) is 0.963. The molecule has 1 fully saturated rings. The number of thiophene rings is 1. The van der Waals surface area contributed by atoms with Crippen molar-refractivity contribution in [2.45, 2.75) is 13.3 Å². The molecule has 15 heavy (non-hydrogen) atoms. The highest BCUT2D eigenvalue weighted by atomic mass is 79.9. The monoisotopic (exact) mass is 287 g/mol. The third kappa shape index (κ3) is 2.32. The lowest BCUT2D eigenvalue weighted by Crippen LogP contribution is -2.38. The van der Waals surface area contributed by atoms with E-state index in [0.717, 1.165) is 28.9 Å². The second-order valence-corrected chi connectivity index (χ2v) is 5.81. The Bertz CT molecular complexity index is 363. The molecule has 0 amide bonds. The van der Waals surface area contributed by atoms with E-state index in [2.05, 4.69) is 28.2 Å². The maximum absolute atomic E-state index is 12.2. The Labute approximate surface area is 102 Å². The molecular formula is C11H14BrNOS. The van der Waals surface area contributed by atoms with Crippen molar-refractivity contribution in [3.05, 3.63) is 20.8 Å². The highest BCUT2D eigenvalue weighted by Crippen LogP contribution is 2.30. The molecule has 0 aliphatic carbocycles. The Morgan fingerprint density at radius 3 is 3.07 bits per heavy atom. The lowest BCUT2D eigenvalue weighted by Gasteiger charge is -2.28. The van der Waals surface area contributed by atoms with E-state index in [0.29, 0.717) is 11.7 Å². The Morgan fingerprint density at radius 1 is 1.67 bits per heavy atom. The van der Waals surface area contributed by atoms with Crippen LogP contribution in [-0.2, 0) is 0 Å². The number of nitrogens with one attached hydrogen (secondary N) is 1. The van der Waals surface area contributed by atoms with E-state index < -0.39 is 0 Å². The lowest BCUT2D eigenvalue weighted by molar-refractivity contribution is 0.0852. The molecule has 2 rings (SSSR count). The fourth-order valence-electron chi connectivity index (χ4n) is 2.04. The van der Waals surface area contributed by atoms with Gasteiger partial charge in [0.25, 0.3) is 0 Å². The SMILES string of the molecule is CC1CNCCC1C(=O)c1sccc1Br. The number of halogens is 1.